The summed E-state index contributed by atoms with van der Waals surface area (Å²) >= 11 is 0. The summed E-state index contributed by atoms with van der Waals surface area (Å²) in [5.41, 5.74) is 1.37. The molecule has 0 saturated heterocycles. The van der Waals surface area contributed by atoms with Gasteiger partial charge in [-0.25, -0.2) is 0 Å². The molecule has 1 aromatic rings. The highest BCUT2D eigenvalue weighted by molar-refractivity contribution is 5.27. The van der Waals surface area contributed by atoms with Crippen LogP contribution in [-0.2, 0) is 6.42 Å². The Kier molecular flexibility index (Phi) is 5.71. The predicted molar refractivity (Wildman–Crippen MR) is 80.8 cm³/mol. The first-order chi connectivity index (χ1) is 9.33. The van der Waals surface area contributed by atoms with Crippen LogP contribution in [0.3, 0.4) is 0 Å². The fourth-order valence-electron chi connectivity index (χ4n) is 2.89. The Morgan fingerprint density at radius 1 is 1.05 bits per heavy atom. The van der Waals surface area contributed by atoms with Crippen molar-refractivity contribution >= 4 is 0 Å². The first kappa shape index (κ1) is 14.4. The third kappa shape index (κ3) is 4.24. The van der Waals surface area contributed by atoms with Crippen molar-refractivity contribution < 1.29 is 4.74 Å². The minimum Gasteiger partial charge on any atom is -0.489 e. The van der Waals surface area contributed by atoms with E-state index in [9.17, 15) is 0 Å². The Morgan fingerprint density at radius 3 is 2.47 bits per heavy atom. The van der Waals surface area contributed by atoms with Crippen LogP contribution >= 0.6 is 0 Å². The zero-order chi connectivity index (χ0) is 13.5. The number of rotatable bonds is 5. The summed E-state index contributed by atoms with van der Waals surface area (Å²) in [6.07, 6.45) is 7.79. The van der Waals surface area contributed by atoms with Gasteiger partial charge in [-0.15, -0.1) is 0 Å². The molecule has 2 rings (SSSR count). The van der Waals surface area contributed by atoms with Crippen LogP contribution in [0.25, 0.3) is 0 Å². The molecule has 1 saturated carbocycles. The van der Waals surface area contributed by atoms with Crippen molar-refractivity contribution in [3.8, 4) is 5.75 Å². The molecule has 0 heterocycles. The smallest absolute Gasteiger partial charge is 0.119 e. The van der Waals surface area contributed by atoms with Gasteiger partial charge in [0.25, 0.3) is 0 Å². The molecule has 1 aliphatic carbocycles. The summed E-state index contributed by atoms with van der Waals surface area (Å²) in [5, 5.41) is 3.59. The van der Waals surface area contributed by atoms with E-state index in [1.165, 1.54) is 37.7 Å². The quantitative estimate of drug-likeness (QED) is 0.811. The molecule has 0 amide bonds. The lowest BCUT2D eigenvalue weighted by Gasteiger charge is -2.26. The molecule has 2 heteroatoms. The second-order valence-corrected chi connectivity index (χ2v) is 5.46. The number of hydrogen-bond donors (Lipinski definition) is 1. The number of benzene rings is 1. The monoisotopic (exact) mass is 261 g/mol. The highest BCUT2D eigenvalue weighted by Crippen LogP contribution is 2.23. The van der Waals surface area contributed by atoms with Crippen LogP contribution in [0.5, 0.6) is 5.75 Å². The van der Waals surface area contributed by atoms with Crippen LogP contribution in [0, 0.1) is 0 Å². The minimum absolute atomic E-state index is 0.329. The lowest BCUT2D eigenvalue weighted by molar-refractivity contribution is 0.145. The number of likely N-dealkylation sites (N-methyl/N-ethyl adjacent to an activating group) is 1. The van der Waals surface area contributed by atoms with E-state index < -0.39 is 0 Å². The van der Waals surface area contributed by atoms with E-state index in [1.807, 2.05) is 0 Å². The maximum absolute atomic E-state index is 6.24. The molecule has 0 aliphatic heterocycles. The summed E-state index contributed by atoms with van der Waals surface area (Å²) in [6.45, 7) is 5.39. The van der Waals surface area contributed by atoms with Gasteiger partial charge in [0.15, 0.2) is 0 Å². The first-order valence-electron chi connectivity index (χ1n) is 7.82. The van der Waals surface area contributed by atoms with E-state index in [-0.39, 0.29) is 0 Å². The van der Waals surface area contributed by atoms with Gasteiger partial charge >= 0.3 is 0 Å². The molecule has 0 bridgehead atoms. The van der Waals surface area contributed by atoms with Gasteiger partial charge in [-0.2, -0.15) is 0 Å². The maximum Gasteiger partial charge on any atom is 0.119 e. The van der Waals surface area contributed by atoms with Crippen LogP contribution in [0.15, 0.2) is 24.3 Å². The minimum atomic E-state index is 0.329. The summed E-state index contributed by atoms with van der Waals surface area (Å²) < 4.78 is 6.24. The van der Waals surface area contributed by atoms with Crippen LogP contribution in [0.1, 0.15) is 51.5 Å². The zero-order valence-corrected chi connectivity index (χ0v) is 12.3. The lowest BCUT2D eigenvalue weighted by Crippen LogP contribution is -2.42. The summed E-state index contributed by atoms with van der Waals surface area (Å²) in [6, 6.07) is 9.10. The largest absolute Gasteiger partial charge is 0.489 e. The second kappa shape index (κ2) is 7.54. The van der Waals surface area contributed by atoms with Crippen molar-refractivity contribution in [1.82, 2.24) is 5.32 Å². The summed E-state index contributed by atoms with van der Waals surface area (Å²) in [4.78, 5) is 0. The maximum atomic E-state index is 6.24. The lowest BCUT2D eigenvalue weighted by atomic mass is 10.1. The van der Waals surface area contributed by atoms with Crippen molar-refractivity contribution in [3.63, 3.8) is 0 Å². The van der Waals surface area contributed by atoms with Crippen LogP contribution < -0.4 is 10.1 Å². The normalized spacial score (nSPS) is 23.9. The topological polar surface area (TPSA) is 21.3 Å². The van der Waals surface area contributed by atoms with Gasteiger partial charge in [0.1, 0.15) is 11.9 Å². The summed E-state index contributed by atoms with van der Waals surface area (Å²) in [7, 11) is 0. The van der Waals surface area contributed by atoms with Gasteiger partial charge in [0.05, 0.1) is 0 Å². The molecule has 1 aliphatic rings. The third-order valence-corrected chi connectivity index (χ3v) is 4.04. The molecule has 2 atom stereocenters. The fraction of sp³-hybridized carbons (Fsp3) is 0.647. The van der Waals surface area contributed by atoms with E-state index in [1.54, 1.807) is 0 Å². The van der Waals surface area contributed by atoms with Gasteiger partial charge in [-0.3, -0.25) is 0 Å². The van der Waals surface area contributed by atoms with Crippen molar-refractivity contribution in [3.05, 3.63) is 29.8 Å². The number of aryl methyl sites for hydroxylation is 1. The molecule has 1 aromatic carbocycles. The molecule has 2 nitrogen and oxygen atoms in total. The Hall–Kier alpha value is -1.02. The molecule has 0 aromatic heterocycles. The highest BCUT2D eigenvalue weighted by Gasteiger charge is 2.24. The Labute approximate surface area is 117 Å². The van der Waals surface area contributed by atoms with E-state index in [0.29, 0.717) is 12.1 Å². The zero-order valence-electron chi connectivity index (χ0n) is 12.3. The van der Waals surface area contributed by atoms with Crippen molar-refractivity contribution in [1.29, 1.82) is 0 Å². The molecule has 2 unspecified atom stereocenters. The average Bonchev–Trinajstić information content (AvgIpc) is 2.66. The average molecular weight is 261 g/mol. The molecule has 1 N–H and O–H groups in total. The highest BCUT2D eigenvalue weighted by atomic mass is 16.5. The third-order valence-electron chi connectivity index (χ3n) is 4.04. The van der Waals surface area contributed by atoms with E-state index in [2.05, 4.69) is 43.4 Å². The first-order valence-corrected chi connectivity index (χ1v) is 7.82. The van der Waals surface area contributed by atoms with Crippen LogP contribution in [0.4, 0.5) is 0 Å². The van der Waals surface area contributed by atoms with Crippen molar-refractivity contribution in [2.75, 3.05) is 6.54 Å². The Morgan fingerprint density at radius 2 is 1.79 bits per heavy atom. The SMILES string of the molecule is CCNC1CCCCCC1Oc1ccc(CC)cc1. The van der Waals surface area contributed by atoms with Crippen molar-refractivity contribution in [2.45, 2.75) is 64.5 Å². The second-order valence-electron chi connectivity index (χ2n) is 5.46. The molecule has 1 fully saturated rings. The molecule has 19 heavy (non-hydrogen) atoms. The van der Waals surface area contributed by atoms with Gasteiger partial charge in [0.2, 0.25) is 0 Å². The summed E-state index contributed by atoms with van der Waals surface area (Å²) in [5.74, 6) is 1.02. The van der Waals surface area contributed by atoms with E-state index in [4.69, 9.17) is 4.74 Å². The molecule has 0 spiro atoms. The molecular formula is C17H27NO. The standard InChI is InChI=1S/C17H27NO/c1-3-14-10-12-15(13-11-14)19-17-9-7-5-6-8-16(17)18-4-2/h10-13,16-18H,3-9H2,1-2H3. The van der Waals surface area contributed by atoms with Gasteiger partial charge in [-0.05, 0) is 49.9 Å². The van der Waals surface area contributed by atoms with Crippen molar-refractivity contribution in [2.24, 2.45) is 0 Å². The van der Waals surface area contributed by atoms with E-state index in [0.717, 1.165) is 18.7 Å². The number of ether oxygens (including phenoxy) is 1. The molecule has 106 valence electrons. The van der Waals surface area contributed by atoms with Gasteiger partial charge in [-0.1, -0.05) is 38.8 Å². The molecule has 0 radical (unpaired) electrons. The van der Waals surface area contributed by atoms with Gasteiger partial charge in [0, 0.05) is 6.04 Å². The Balaban J connectivity index is 2.00. The van der Waals surface area contributed by atoms with Gasteiger partial charge < -0.3 is 10.1 Å². The van der Waals surface area contributed by atoms with Crippen LogP contribution in [-0.4, -0.2) is 18.7 Å². The van der Waals surface area contributed by atoms with E-state index >= 15 is 0 Å². The Bertz CT molecular complexity index is 360. The van der Waals surface area contributed by atoms with Crippen LogP contribution in [0.2, 0.25) is 0 Å². The number of nitrogens with one attached hydrogen (secondary N) is 1. The number of hydrogen-bond acceptors (Lipinski definition) is 2. The fourth-order valence-corrected chi connectivity index (χ4v) is 2.89. The predicted octanol–water partition coefficient (Wildman–Crippen LogP) is 3.94. The molecular weight excluding hydrogens is 234 g/mol.